The summed E-state index contributed by atoms with van der Waals surface area (Å²) in [5, 5.41) is 2.79. The van der Waals surface area contributed by atoms with Gasteiger partial charge in [0.15, 0.2) is 17.6 Å². The van der Waals surface area contributed by atoms with Crippen molar-refractivity contribution in [2.24, 2.45) is 10.9 Å². The van der Waals surface area contributed by atoms with E-state index in [-0.39, 0.29) is 54.4 Å². The molecule has 274 valence electrons. The van der Waals surface area contributed by atoms with Crippen LogP contribution >= 0.6 is 11.8 Å². The van der Waals surface area contributed by atoms with Crippen LogP contribution in [0.1, 0.15) is 57.9 Å². The van der Waals surface area contributed by atoms with Crippen LogP contribution in [0.25, 0.3) is 11.9 Å². The van der Waals surface area contributed by atoms with Gasteiger partial charge in [-0.05, 0) is 70.9 Å². The van der Waals surface area contributed by atoms with Crippen LogP contribution in [-0.4, -0.2) is 82.7 Å². The van der Waals surface area contributed by atoms with Crippen molar-refractivity contribution in [3.8, 4) is 18.2 Å². The number of thioether (sulfide) groups is 1. The number of rotatable bonds is 13. The molecule has 4 rings (SSSR count). The lowest BCUT2D eigenvalue weighted by Crippen LogP contribution is -2.49. The van der Waals surface area contributed by atoms with Crippen LogP contribution in [0.3, 0.4) is 0 Å². The molecule has 1 N–H and O–H groups in total. The van der Waals surface area contributed by atoms with Gasteiger partial charge in [0, 0.05) is 26.2 Å². The van der Waals surface area contributed by atoms with Gasteiger partial charge in [0.1, 0.15) is 34.4 Å². The lowest BCUT2D eigenvalue weighted by Gasteiger charge is -2.37. The summed E-state index contributed by atoms with van der Waals surface area (Å²) in [6.45, 7) is 14.8. The van der Waals surface area contributed by atoms with Crippen molar-refractivity contribution < 1.29 is 37.4 Å². The third kappa shape index (κ3) is 10.0. The quantitative estimate of drug-likeness (QED) is 0.107. The second-order valence-electron chi connectivity index (χ2n) is 14.9. The number of terminal acetylenes is 1. The first-order valence-corrected chi connectivity index (χ1v) is 21.0. The molecular formula is C36H45F2N5O6SSi. The zero-order valence-electron chi connectivity index (χ0n) is 30.3. The van der Waals surface area contributed by atoms with Crippen molar-refractivity contribution >= 4 is 54.7 Å². The van der Waals surface area contributed by atoms with Crippen molar-refractivity contribution in [2.75, 3.05) is 26.5 Å². The number of halogens is 2. The van der Waals surface area contributed by atoms with Crippen LogP contribution in [0.2, 0.25) is 25.7 Å². The Morgan fingerprint density at radius 1 is 1.22 bits per heavy atom. The van der Waals surface area contributed by atoms with Gasteiger partial charge in [0.05, 0.1) is 24.5 Å². The molecule has 0 spiro atoms. The minimum absolute atomic E-state index is 0.0198. The van der Waals surface area contributed by atoms with Crippen molar-refractivity contribution in [3.63, 3.8) is 0 Å². The van der Waals surface area contributed by atoms with E-state index in [1.54, 1.807) is 27.7 Å². The van der Waals surface area contributed by atoms with Crippen molar-refractivity contribution in [1.82, 2.24) is 20.2 Å². The SMILES string of the molecule is C#CCOc1cnc(/C(F)=C/c2ccc(F)c([C@@]3(C)N=C(N(COCC[Si](C)(C)C)C(=O)OC(C)(C)C)S[C@@]4(C(=O)NCC(C)=O)C[C@H]43)c2)cn1. The molecule has 1 fully saturated rings. The first-order valence-electron chi connectivity index (χ1n) is 16.5. The van der Waals surface area contributed by atoms with Crippen LogP contribution in [0, 0.1) is 24.1 Å². The second kappa shape index (κ2) is 15.6. The number of hydrogen-bond acceptors (Lipinski definition) is 10. The van der Waals surface area contributed by atoms with E-state index in [0.717, 1.165) is 17.8 Å². The fourth-order valence-electron chi connectivity index (χ4n) is 5.39. The zero-order chi connectivity index (χ0) is 37.8. The van der Waals surface area contributed by atoms with E-state index in [0.29, 0.717) is 12.2 Å². The summed E-state index contributed by atoms with van der Waals surface area (Å²) in [4.78, 5) is 53.5. The van der Waals surface area contributed by atoms with Crippen molar-refractivity contribution in [1.29, 1.82) is 0 Å². The third-order valence-corrected chi connectivity index (χ3v) is 11.3. The smallest absolute Gasteiger partial charge is 0.418 e. The number of Topliss-reactive ketones (excluding diaryl/α,β-unsaturated/α-hetero) is 1. The highest BCUT2D eigenvalue weighted by Crippen LogP contribution is 2.66. The molecule has 0 saturated heterocycles. The number of carbonyl (C=O) groups is 3. The molecule has 51 heavy (non-hydrogen) atoms. The number of amides is 2. The molecule has 2 heterocycles. The Balaban J connectivity index is 1.77. The summed E-state index contributed by atoms with van der Waals surface area (Å²) in [7, 11) is -1.47. The molecule has 2 aliphatic rings. The van der Waals surface area contributed by atoms with Gasteiger partial charge >= 0.3 is 6.09 Å². The Hall–Kier alpha value is -4.13. The molecule has 1 aliphatic carbocycles. The molecule has 2 amide bonds. The number of nitrogens with one attached hydrogen (secondary N) is 1. The topological polar surface area (TPSA) is 132 Å². The minimum Gasteiger partial charge on any atom is -0.463 e. The molecule has 1 aromatic carbocycles. The number of amidine groups is 1. The predicted octanol–water partition coefficient (Wildman–Crippen LogP) is 6.43. The summed E-state index contributed by atoms with van der Waals surface area (Å²) in [5.41, 5.74) is -1.99. The molecule has 1 aliphatic heterocycles. The zero-order valence-corrected chi connectivity index (χ0v) is 32.1. The maximum Gasteiger partial charge on any atom is 0.418 e. The number of ether oxygens (including phenoxy) is 3. The highest BCUT2D eigenvalue weighted by atomic mass is 32.2. The van der Waals surface area contributed by atoms with Crippen molar-refractivity contribution in [3.05, 3.63) is 53.2 Å². The number of benzene rings is 1. The molecule has 15 heteroatoms. The van der Waals surface area contributed by atoms with Gasteiger partial charge in [0.25, 0.3) is 0 Å². The average Bonchev–Trinajstić information content (AvgIpc) is 3.79. The second-order valence-corrected chi connectivity index (χ2v) is 21.8. The van der Waals surface area contributed by atoms with Gasteiger partial charge in [-0.25, -0.2) is 28.4 Å². The van der Waals surface area contributed by atoms with Crippen LogP contribution in [0.15, 0.2) is 35.6 Å². The van der Waals surface area contributed by atoms with Crippen molar-refractivity contribution in [2.45, 2.75) is 82.6 Å². The lowest BCUT2D eigenvalue weighted by atomic mass is 9.84. The Bertz CT molecular complexity index is 1750. The highest BCUT2D eigenvalue weighted by Gasteiger charge is 2.71. The monoisotopic (exact) mass is 741 g/mol. The average molecular weight is 742 g/mol. The van der Waals surface area contributed by atoms with E-state index in [9.17, 15) is 14.4 Å². The van der Waals surface area contributed by atoms with Crippen LogP contribution in [0.4, 0.5) is 13.6 Å². The largest absolute Gasteiger partial charge is 0.463 e. The summed E-state index contributed by atoms with van der Waals surface area (Å²) in [6, 6.07) is 4.90. The summed E-state index contributed by atoms with van der Waals surface area (Å²) >= 11 is 1.06. The summed E-state index contributed by atoms with van der Waals surface area (Å²) in [6.07, 6.45) is 8.31. The number of hydrogen-bond donors (Lipinski definition) is 1. The van der Waals surface area contributed by atoms with E-state index in [1.165, 1.54) is 48.5 Å². The normalized spacial score (nSPS) is 21.5. The van der Waals surface area contributed by atoms with Crippen LogP contribution in [-0.2, 0) is 24.6 Å². The fraction of sp³-hybridized carbons (Fsp3) is 0.500. The molecule has 3 atom stereocenters. The van der Waals surface area contributed by atoms with Gasteiger partial charge < -0.3 is 19.5 Å². The predicted molar refractivity (Wildman–Crippen MR) is 196 cm³/mol. The minimum atomic E-state index is -1.47. The van der Waals surface area contributed by atoms with E-state index >= 15 is 8.78 Å². The van der Waals surface area contributed by atoms with Crippen LogP contribution in [0.5, 0.6) is 5.88 Å². The molecule has 0 unspecified atom stereocenters. The number of aromatic nitrogens is 2. The third-order valence-electron chi connectivity index (χ3n) is 8.14. The number of nitrogens with zero attached hydrogens (tertiary/aromatic N) is 4. The van der Waals surface area contributed by atoms with E-state index in [4.69, 9.17) is 25.6 Å². The first-order chi connectivity index (χ1) is 23.8. The molecule has 11 nitrogen and oxygen atoms in total. The van der Waals surface area contributed by atoms with Gasteiger partial charge in [-0.2, -0.15) is 0 Å². The van der Waals surface area contributed by atoms with E-state index in [1.807, 2.05) is 0 Å². The standard InChI is InChI=1S/C36H45F2N5O6SSi/c1-10-13-48-30-21-39-28(20-40-30)27(38)17-24-11-12-26(37)25(16-24)35(6)29-18-36(29,31(45)41-19-23(2)44)50-32(42-35)43(33(46)49-34(3,4)5)22-47-14-15-51(7,8)9/h1,11-12,16-17,20-21,29H,13-15,18-19,22H2,2-9H3,(H,41,45)/b27-17-/t29-,35+,36-/m0/s1. The van der Waals surface area contributed by atoms with E-state index in [2.05, 4.69) is 40.8 Å². The first kappa shape index (κ1) is 39.6. The number of fused-ring (bicyclic) bond motifs is 1. The van der Waals surface area contributed by atoms with E-state index < -0.39 is 53.5 Å². The van der Waals surface area contributed by atoms with Gasteiger partial charge in [-0.3, -0.25) is 14.6 Å². The van der Waals surface area contributed by atoms with Gasteiger partial charge in [-0.15, -0.1) is 6.42 Å². The Morgan fingerprint density at radius 3 is 2.55 bits per heavy atom. The molecule has 0 bridgehead atoms. The Kier molecular flexibility index (Phi) is 12.1. The highest BCUT2D eigenvalue weighted by molar-refractivity contribution is 8.16. The van der Waals surface area contributed by atoms with Gasteiger partial charge in [-0.1, -0.05) is 43.4 Å². The molecule has 0 radical (unpaired) electrons. The van der Waals surface area contributed by atoms with Gasteiger partial charge in [0.2, 0.25) is 11.8 Å². The Labute approximate surface area is 303 Å². The summed E-state index contributed by atoms with van der Waals surface area (Å²) in [5.74, 6) is -0.166. The number of ketones is 1. The molecular weight excluding hydrogens is 697 g/mol. The number of carbonyl (C=O) groups excluding carboxylic acids is 3. The Morgan fingerprint density at radius 2 is 1.94 bits per heavy atom. The summed E-state index contributed by atoms with van der Waals surface area (Å²) < 4.78 is 47.0. The molecule has 2 aromatic rings. The number of aliphatic imine (C=N–C) groups is 1. The maximum atomic E-state index is 15.9. The molecule has 1 aromatic heterocycles. The van der Waals surface area contributed by atoms with Crippen LogP contribution < -0.4 is 10.1 Å². The lowest BCUT2D eigenvalue weighted by molar-refractivity contribution is -0.124. The fourth-order valence-corrected chi connectivity index (χ4v) is 7.74. The maximum absolute atomic E-state index is 15.9. The molecule has 1 saturated carbocycles.